The van der Waals surface area contributed by atoms with Crippen LogP contribution in [0.3, 0.4) is 0 Å². The molecule has 0 unspecified atom stereocenters. The van der Waals surface area contributed by atoms with Crippen molar-refractivity contribution in [3.8, 4) is 17.2 Å². The highest BCUT2D eigenvalue weighted by Crippen LogP contribution is 2.33. The van der Waals surface area contributed by atoms with Gasteiger partial charge < -0.3 is 14.8 Å². The summed E-state index contributed by atoms with van der Waals surface area (Å²) in [6.07, 6.45) is 0. The van der Waals surface area contributed by atoms with E-state index in [2.05, 4.69) is 10.3 Å². The van der Waals surface area contributed by atoms with Crippen molar-refractivity contribution >= 4 is 22.8 Å². The van der Waals surface area contributed by atoms with Gasteiger partial charge in [-0.1, -0.05) is 36.0 Å². The van der Waals surface area contributed by atoms with E-state index in [0.29, 0.717) is 34.6 Å². The monoisotopic (exact) mass is 342 g/mol. The van der Waals surface area contributed by atoms with Gasteiger partial charge in [-0.15, -0.1) is 0 Å². The number of hydrogen-bond acceptors (Lipinski definition) is 5. The van der Waals surface area contributed by atoms with Gasteiger partial charge in [0.2, 0.25) is 0 Å². The van der Waals surface area contributed by atoms with Crippen LogP contribution >= 0.6 is 11.8 Å². The smallest absolute Gasteiger partial charge is 0.260 e. The molecule has 0 bridgehead atoms. The number of thioether (sulfide) groups is 1. The van der Waals surface area contributed by atoms with Crippen LogP contribution in [-0.4, -0.2) is 30.0 Å². The van der Waals surface area contributed by atoms with Crippen molar-refractivity contribution in [2.75, 3.05) is 18.9 Å². The molecule has 24 heavy (non-hydrogen) atoms. The van der Waals surface area contributed by atoms with Gasteiger partial charge in [0.15, 0.2) is 16.7 Å². The summed E-state index contributed by atoms with van der Waals surface area (Å²) in [6.45, 7) is 3.19. The fourth-order valence-electron chi connectivity index (χ4n) is 2.25. The molecule has 2 aromatic rings. The second-order valence-electron chi connectivity index (χ2n) is 4.97. The fraction of sp³-hybridized carbons (Fsp3) is 0.222. The Balaban J connectivity index is 1.83. The van der Waals surface area contributed by atoms with E-state index in [1.807, 2.05) is 37.3 Å². The second kappa shape index (κ2) is 7.88. The summed E-state index contributed by atoms with van der Waals surface area (Å²) in [4.78, 5) is 16.7. The molecular weight excluding hydrogens is 324 g/mol. The first-order chi connectivity index (χ1) is 11.8. The zero-order valence-corrected chi connectivity index (χ0v) is 14.1. The van der Waals surface area contributed by atoms with Crippen molar-refractivity contribution in [3.05, 3.63) is 54.1 Å². The molecule has 0 spiro atoms. The molecule has 3 rings (SSSR count). The number of amides is 1. The summed E-state index contributed by atoms with van der Waals surface area (Å²) < 4.78 is 11.5. The van der Waals surface area contributed by atoms with E-state index < -0.39 is 0 Å². The standard InChI is InChI=1S/C18H18N2O3S/c1-2-22-15-9-5-6-10-16(15)23-14-8-4-3-7-13(14)17(21)20-18-19-11-12-24-18/h3-10H,2,11-12H2,1H3,(H,19,20,21). The largest absolute Gasteiger partial charge is 0.490 e. The van der Waals surface area contributed by atoms with E-state index >= 15 is 0 Å². The lowest BCUT2D eigenvalue weighted by Gasteiger charge is -2.14. The van der Waals surface area contributed by atoms with Crippen molar-refractivity contribution in [2.24, 2.45) is 4.99 Å². The minimum Gasteiger partial charge on any atom is -0.490 e. The van der Waals surface area contributed by atoms with E-state index in [9.17, 15) is 4.79 Å². The molecule has 0 aromatic heterocycles. The number of ether oxygens (including phenoxy) is 2. The summed E-state index contributed by atoms with van der Waals surface area (Å²) in [5, 5.41) is 3.48. The maximum Gasteiger partial charge on any atom is 0.260 e. The van der Waals surface area contributed by atoms with Crippen LogP contribution in [0.4, 0.5) is 0 Å². The number of benzene rings is 2. The van der Waals surface area contributed by atoms with Gasteiger partial charge in [-0.05, 0) is 31.2 Å². The molecule has 1 heterocycles. The van der Waals surface area contributed by atoms with Crippen LogP contribution in [0, 0.1) is 0 Å². The van der Waals surface area contributed by atoms with Crippen LogP contribution in [0.5, 0.6) is 17.2 Å². The summed E-state index contributed by atoms with van der Waals surface area (Å²) in [6, 6.07) is 14.5. The molecule has 0 radical (unpaired) electrons. The molecule has 124 valence electrons. The lowest BCUT2D eigenvalue weighted by molar-refractivity contribution is 0.0975. The molecular formula is C18H18N2O3S. The second-order valence-corrected chi connectivity index (χ2v) is 6.05. The van der Waals surface area contributed by atoms with Crippen LogP contribution in [0.25, 0.3) is 0 Å². The maximum atomic E-state index is 12.5. The summed E-state index contributed by atoms with van der Waals surface area (Å²) in [5.41, 5.74) is 0.457. The van der Waals surface area contributed by atoms with Crippen LogP contribution in [-0.2, 0) is 0 Å². The summed E-state index contributed by atoms with van der Waals surface area (Å²) >= 11 is 1.54. The average molecular weight is 342 g/mol. The van der Waals surface area contributed by atoms with E-state index in [4.69, 9.17) is 9.47 Å². The van der Waals surface area contributed by atoms with Gasteiger partial charge in [0.25, 0.3) is 5.91 Å². The lowest BCUT2D eigenvalue weighted by atomic mass is 10.2. The Hall–Kier alpha value is -2.47. The first-order valence-electron chi connectivity index (χ1n) is 7.75. The van der Waals surface area contributed by atoms with Gasteiger partial charge in [0.1, 0.15) is 5.75 Å². The highest BCUT2D eigenvalue weighted by molar-refractivity contribution is 8.14. The highest BCUT2D eigenvalue weighted by Gasteiger charge is 2.17. The molecule has 0 saturated heterocycles. The molecule has 6 heteroatoms. The van der Waals surface area contributed by atoms with Gasteiger partial charge >= 0.3 is 0 Å². The minimum atomic E-state index is -0.229. The number of para-hydroxylation sites is 3. The zero-order chi connectivity index (χ0) is 16.8. The highest BCUT2D eigenvalue weighted by atomic mass is 32.2. The number of carbonyl (C=O) groups is 1. The first kappa shape index (κ1) is 16.4. The third-order valence-electron chi connectivity index (χ3n) is 3.31. The predicted octanol–water partition coefficient (Wildman–Crippen LogP) is 3.71. The summed E-state index contributed by atoms with van der Waals surface area (Å²) in [5.74, 6) is 2.37. The van der Waals surface area contributed by atoms with E-state index in [-0.39, 0.29) is 5.91 Å². The maximum absolute atomic E-state index is 12.5. The number of amidine groups is 1. The van der Waals surface area contributed by atoms with Crippen molar-refractivity contribution in [1.29, 1.82) is 0 Å². The van der Waals surface area contributed by atoms with Gasteiger partial charge in [-0.2, -0.15) is 0 Å². The lowest BCUT2D eigenvalue weighted by Crippen LogP contribution is -2.27. The van der Waals surface area contributed by atoms with Crippen molar-refractivity contribution < 1.29 is 14.3 Å². The number of nitrogens with one attached hydrogen (secondary N) is 1. The van der Waals surface area contributed by atoms with Crippen molar-refractivity contribution in [1.82, 2.24) is 5.32 Å². The number of aliphatic imine (C=N–C) groups is 1. The molecule has 1 amide bonds. The number of hydrogen-bond donors (Lipinski definition) is 1. The Kier molecular flexibility index (Phi) is 5.38. The Bertz CT molecular complexity index is 761. The quantitative estimate of drug-likeness (QED) is 0.900. The Morgan fingerprint density at radius 3 is 2.54 bits per heavy atom. The number of nitrogens with zero attached hydrogens (tertiary/aromatic N) is 1. The molecule has 1 aliphatic rings. The molecule has 0 atom stereocenters. The van der Waals surface area contributed by atoms with Gasteiger partial charge in [-0.3, -0.25) is 9.79 Å². The van der Waals surface area contributed by atoms with Crippen LogP contribution in [0.1, 0.15) is 17.3 Å². The van der Waals surface area contributed by atoms with Gasteiger partial charge in [0.05, 0.1) is 18.7 Å². The third-order valence-corrected chi connectivity index (χ3v) is 4.20. The molecule has 0 saturated carbocycles. The van der Waals surface area contributed by atoms with E-state index in [0.717, 1.165) is 12.3 Å². The number of rotatable bonds is 5. The topological polar surface area (TPSA) is 59.9 Å². The first-order valence-corrected chi connectivity index (χ1v) is 8.74. The molecule has 0 aliphatic carbocycles. The molecule has 2 aromatic carbocycles. The Labute approximate surface area is 145 Å². The van der Waals surface area contributed by atoms with E-state index in [1.54, 1.807) is 30.0 Å². The molecule has 1 N–H and O–H groups in total. The fourth-order valence-corrected chi connectivity index (χ4v) is 2.97. The SMILES string of the molecule is CCOc1ccccc1Oc1ccccc1C(=O)NC1=NCCS1. The average Bonchev–Trinajstić information content (AvgIpc) is 3.10. The predicted molar refractivity (Wildman–Crippen MR) is 96.4 cm³/mol. The van der Waals surface area contributed by atoms with Crippen LogP contribution in [0.15, 0.2) is 53.5 Å². The normalized spacial score (nSPS) is 13.3. The zero-order valence-electron chi connectivity index (χ0n) is 13.3. The van der Waals surface area contributed by atoms with Crippen LogP contribution < -0.4 is 14.8 Å². The number of carbonyl (C=O) groups excluding carboxylic acids is 1. The van der Waals surface area contributed by atoms with Crippen LogP contribution in [0.2, 0.25) is 0 Å². The summed E-state index contributed by atoms with van der Waals surface area (Å²) in [7, 11) is 0. The van der Waals surface area contributed by atoms with Gasteiger partial charge in [-0.25, -0.2) is 0 Å². The molecule has 5 nitrogen and oxygen atoms in total. The van der Waals surface area contributed by atoms with Crippen molar-refractivity contribution in [2.45, 2.75) is 6.92 Å². The Morgan fingerprint density at radius 2 is 1.83 bits per heavy atom. The minimum absolute atomic E-state index is 0.229. The Morgan fingerprint density at radius 1 is 1.12 bits per heavy atom. The van der Waals surface area contributed by atoms with Gasteiger partial charge in [0, 0.05) is 5.75 Å². The van der Waals surface area contributed by atoms with Crippen molar-refractivity contribution in [3.63, 3.8) is 0 Å². The third kappa shape index (κ3) is 3.89. The molecule has 0 fully saturated rings. The van der Waals surface area contributed by atoms with E-state index in [1.165, 1.54) is 0 Å². The molecule has 1 aliphatic heterocycles.